The van der Waals surface area contributed by atoms with Gasteiger partial charge in [-0.2, -0.15) is 0 Å². The van der Waals surface area contributed by atoms with Crippen LogP contribution in [0.15, 0.2) is 42.6 Å². The maximum atomic E-state index is 12.7. The molecule has 0 aliphatic carbocycles. The normalized spacial score (nSPS) is 13.8. The molecule has 3 rings (SSSR count). The van der Waals surface area contributed by atoms with Gasteiger partial charge in [0.05, 0.1) is 0 Å². The topological polar surface area (TPSA) is 71.2 Å². The van der Waals surface area contributed by atoms with E-state index in [1.165, 1.54) is 5.56 Å². The molecule has 0 radical (unpaired) electrons. The smallest absolute Gasteiger partial charge is 0.258 e. The fourth-order valence-electron chi connectivity index (χ4n) is 2.54. The molecule has 0 saturated carbocycles. The number of hydrazine groups is 1. The molecule has 102 valence electrons. The number of rotatable bonds is 2. The Hall–Kier alpha value is -2.40. The summed E-state index contributed by atoms with van der Waals surface area (Å²) in [6, 6.07) is 11.4. The van der Waals surface area contributed by atoms with Crippen LogP contribution in [-0.2, 0) is 6.42 Å². The van der Waals surface area contributed by atoms with Gasteiger partial charge in [-0.1, -0.05) is 18.2 Å². The third-order valence-corrected chi connectivity index (χ3v) is 3.51. The number of nitrogens with two attached hydrogens (primary N) is 1. The second-order valence-corrected chi connectivity index (χ2v) is 4.76. The lowest BCUT2D eigenvalue weighted by molar-refractivity contribution is 0.0985. The van der Waals surface area contributed by atoms with E-state index in [1.54, 1.807) is 18.3 Å². The quantitative estimate of drug-likeness (QED) is 0.645. The molecule has 1 aliphatic heterocycles. The van der Waals surface area contributed by atoms with E-state index in [4.69, 9.17) is 5.84 Å². The third-order valence-electron chi connectivity index (χ3n) is 3.51. The Morgan fingerprint density at radius 3 is 3.00 bits per heavy atom. The number of fused-ring (bicyclic) bond motifs is 1. The molecule has 0 unspecified atom stereocenters. The summed E-state index contributed by atoms with van der Waals surface area (Å²) in [4.78, 5) is 18.5. The zero-order chi connectivity index (χ0) is 13.9. The second kappa shape index (κ2) is 5.30. The van der Waals surface area contributed by atoms with Gasteiger partial charge in [-0.3, -0.25) is 4.79 Å². The van der Waals surface area contributed by atoms with E-state index in [1.807, 2.05) is 23.1 Å². The minimum Gasteiger partial charge on any atom is -0.308 e. The minimum atomic E-state index is -0.0175. The SMILES string of the molecule is NNc1cc(C(=O)N2CCCc3ccccc32)ccn1. The van der Waals surface area contributed by atoms with Crippen LogP contribution < -0.4 is 16.2 Å². The Balaban J connectivity index is 1.95. The Kier molecular flexibility index (Phi) is 3.35. The van der Waals surface area contributed by atoms with Gasteiger partial charge in [-0.15, -0.1) is 0 Å². The van der Waals surface area contributed by atoms with Crippen molar-refractivity contribution in [2.24, 2.45) is 5.84 Å². The molecular weight excluding hydrogens is 252 g/mol. The van der Waals surface area contributed by atoms with Gasteiger partial charge in [0.1, 0.15) is 5.82 Å². The fourth-order valence-corrected chi connectivity index (χ4v) is 2.54. The van der Waals surface area contributed by atoms with Crippen molar-refractivity contribution >= 4 is 17.4 Å². The van der Waals surface area contributed by atoms with Gasteiger partial charge in [-0.25, -0.2) is 10.8 Å². The lowest BCUT2D eigenvalue weighted by Gasteiger charge is -2.29. The molecule has 0 saturated heterocycles. The number of carbonyl (C=O) groups excluding carboxylic acids is 1. The first kappa shape index (κ1) is 12.6. The molecule has 20 heavy (non-hydrogen) atoms. The molecule has 1 aliphatic rings. The number of para-hydroxylation sites is 1. The Morgan fingerprint density at radius 1 is 1.30 bits per heavy atom. The highest BCUT2D eigenvalue weighted by Gasteiger charge is 2.23. The number of benzene rings is 1. The summed E-state index contributed by atoms with van der Waals surface area (Å²) < 4.78 is 0. The Bertz CT molecular complexity index is 641. The Labute approximate surface area is 117 Å². The van der Waals surface area contributed by atoms with Crippen LogP contribution in [0.2, 0.25) is 0 Å². The highest BCUT2D eigenvalue weighted by atomic mass is 16.2. The molecule has 1 amide bonds. The van der Waals surface area contributed by atoms with Gasteiger partial charge >= 0.3 is 0 Å². The van der Waals surface area contributed by atoms with Crippen molar-refractivity contribution in [2.75, 3.05) is 16.9 Å². The van der Waals surface area contributed by atoms with Crippen molar-refractivity contribution in [1.82, 2.24) is 4.98 Å². The number of nitrogen functional groups attached to an aromatic ring is 1. The summed E-state index contributed by atoms with van der Waals surface area (Å²) in [5.74, 6) is 5.81. The predicted octanol–water partition coefficient (Wildman–Crippen LogP) is 1.96. The van der Waals surface area contributed by atoms with Gasteiger partial charge in [0, 0.05) is 24.0 Å². The first-order valence-corrected chi connectivity index (χ1v) is 6.62. The Morgan fingerprint density at radius 2 is 2.15 bits per heavy atom. The second-order valence-electron chi connectivity index (χ2n) is 4.76. The van der Waals surface area contributed by atoms with Gasteiger partial charge < -0.3 is 10.3 Å². The molecule has 5 heteroatoms. The van der Waals surface area contributed by atoms with E-state index in [0.717, 1.165) is 25.1 Å². The number of nitrogens with zero attached hydrogens (tertiary/aromatic N) is 2. The summed E-state index contributed by atoms with van der Waals surface area (Å²) in [6.07, 6.45) is 3.58. The van der Waals surface area contributed by atoms with Crippen molar-refractivity contribution in [1.29, 1.82) is 0 Å². The number of hydrogen-bond acceptors (Lipinski definition) is 4. The highest BCUT2D eigenvalue weighted by molar-refractivity contribution is 6.07. The summed E-state index contributed by atoms with van der Waals surface area (Å²) >= 11 is 0. The fraction of sp³-hybridized carbons (Fsp3) is 0.200. The maximum absolute atomic E-state index is 12.7. The number of carbonyl (C=O) groups is 1. The zero-order valence-electron chi connectivity index (χ0n) is 11.0. The molecule has 1 aromatic heterocycles. The molecule has 0 spiro atoms. The van der Waals surface area contributed by atoms with E-state index in [0.29, 0.717) is 11.4 Å². The standard InChI is InChI=1S/C15H16N4O/c16-18-14-10-12(7-8-17-14)15(20)19-9-3-5-11-4-1-2-6-13(11)19/h1-2,4,6-8,10H,3,5,9,16H2,(H,17,18). The molecule has 0 bridgehead atoms. The van der Waals surface area contributed by atoms with E-state index in [9.17, 15) is 4.79 Å². The zero-order valence-corrected chi connectivity index (χ0v) is 11.0. The summed E-state index contributed by atoms with van der Waals surface area (Å²) in [7, 11) is 0. The van der Waals surface area contributed by atoms with Crippen LogP contribution in [0.4, 0.5) is 11.5 Å². The average molecular weight is 268 g/mol. The monoisotopic (exact) mass is 268 g/mol. The van der Waals surface area contributed by atoms with Gasteiger partial charge in [0.25, 0.3) is 5.91 Å². The molecule has 0 atom stereocenters. The number of aryl methyl sites for hydroxylation is 1. The van der Waals surface area contributed by atoms with Crippen LogP contribution in [-0.4, -0.2) is 17.4 Å². The number of hydrogen-bond donors (Lipinski definition) is 2. The predicted molar refractivity (Wildman–Crippen MR) is 78.5 cm³/mol. The van der Waals surface area contributed by atoms with Crippen molar-refractivity contribution in [3.63, 3.8) is 0 Å². The van der Waals surface area contributed by atoms with Gasteiger partial charge in [0.15, 0.2) is 0 Å². The largest absolute Gasteiger partial charge is 0.308 e. The third kappa shape index (κ3) is 2.23. The van der Waals surface area contributed by atoms with Crippen LogP contribution >= 0.6 is 0 Å². The number of anilines is 2. The number of aromatic nitrogens is 1. The molecule has 0 fully saturated rings. The maximum Gasteiger partial charge on any atom is 0.258 e. The lowest BCUT2D eigenvalue weighted by Crippen LogP contribution is -2.35. The molecule has 2 heterocycles. The first-order chi connectivity index (χ1) is 9.79. The van der Waals surface area contributed by atoms with Crippen LogP contribution in [0.5, 0.6) is 0 Å². The van der Waals surface area contributed by atoms with E-state index in [2.05, 4.69) is 16.5 Å². The van der Waals surface area contributed by atoms with Crippen LogP contribution in [0.1, 0.15) is 22.3 Å². The van der Waals surface area contributed by atoms with Crippen LogP contribution in [0, 0.1) is 0 Å². The van der Waals surface area contributed by atoms with Crippen LogP contribution in [0.25, 0.3) is 0 Å². The average Bonchev–Trinajstić information content (AvgIpc) is 2.53. The van der Waals surface area contributed by atoms with Crippen molar-refractivity contribution in [3.8, 4) is 0 Å². The number of pyridine rings is 1. The number of amides is 1. The van der Waals surface area contributed by atoms with E-state index >= 15 is 0 Å². The highest BCUT2D eigenvalue weighted by Crippen LogP contribution is 2.28. The van der Waals surface area contributed by atoms with Gasteiger partial charge in [-0.05, 0) is 36.6 Å². The molecule has 2 aromatic rings. The van der Waals surface area contributed by atoms with Crippen molar-refractivity contribution in [2.45, 2.75) is 12.8 Å². The number of nitrogens with one attached hydrogen (secondary N) is 1. The molecule has 1 aromatic carbocycles. The molecular formula is C15H16N4O. The lowest BCUT2D eigenvalue weighted by atomic mass is 10.0. The van der Waals surface area contributed by atoms with Crippen molar-refractivity contribution in [3.05, 3.63) is 53.7 Å². The van der Waals surface area contributed by atoms with E-state index < -0.39 is 0 Å². The molecule has 3 N–H and O–H groups in total. The van der Waals surface area contributed by atoms with Crippen molar-refractivity contribution < 1.29 is 4.79 Å². The minimum absolute atomic E-state index is 0.0175. The molecule has 5 nitrogen and oxygen atoms in total. The van der Waals surface area contributed by atoms with E-state index in [-0.39, 0.29) is 5.91 Å². The summed E-state index contributed by atoms with van der Waals surface area (Å²) in [6.45, 7) is 0.740. The summed E-state index contributed by atoms with van der Waals surface area (Å²) in [5, 5.41) is 0. The van der Waals surface area contributed by atoms with Gasteiger partial charge in [0.2, 0.25) is 0 Å². The summed E-state index contributed by atoms with van der Waals surface area (Å²) in [5.41, 5.74) is 5.27. The van der Waals surface area contributed by atoms with Crippen LogP contribution in [0.3, 0.4) is 0 Å². The first-order valence-electron chi connectivity index (χ1n) is 6.62.